The molecule has 0 spiro atoms. The standard InChI is InChI=1S/C22H27N3O3/c1-21(17-5-3-2-4-6-17)19(27)25(20(28)24-21)13-18(26)23-22-10-14-7-15(11-22)9-16(8-14)12-22/h2-6,14-16H,7-13H2,1H3,(H,23,26)(H,24,28)/t14?,15?,16?,21-,22?/m0/s1. The zero-order chi connectivity index (χ0) is 19.5. The zero-order valence-corrected chi connectivity index (χ0v) is 16.2. The second-order valence-corrected chi connectivity index (χ2v) is 9.56. The highest BCUT2D eigenvalue weighted by molar-refractivity contribution is 6.09. The molecule has 1 aliphatic heterocycles. The van der Waals surface area contributed by atoms with Crippen molar-refractivity contribution in [2.75, 3.05) is 6.54 Å². The molecule has 5 aliphatic rings. The number of amides is 4. The Bertz CT molecular complexity index is 801. The van der Waals surface area contributed by atoms with Gasteiger partial charge in [0.05, 0.1) is 0 Å². The summed E-state index contributed by atoms with van der Waals surface area (Å²) in [6.07, 6.45) is 7.05. The first-order valence-electron chi connectivity index (χ1n) is 10.4. The molecule has 6 rings (SSSR count). The average molecular weight is 381 g/mol. The number of urea groups is 1. The summed E-state index contributed by atoms with van der Waals surface area (Å²) in [7, 11) is 0. The van der Waals surface area contributed by atoms with Gasteiger partial charge in [0.2, 0.25) is 5.91 Å². The van der Waals surface area contributed by atoms with E-state index < -0.39 is 11.6 Å². The van der Waals surface area contributed by atoms with Crippen molar-refractivity contribution in [1.29, 1.82) is 0 Å². The first kappa shape index (κ1) is 17.7. The van der Waals surface area contributed by atoms with Gasteiger partial charge < -0.3 is 10.6 Å². The number of rotatable bonds is 4. The lowest BCUT2D eigenvalue weighted by Gasteiger charge is -2.56. The quantitative estimate of drug-likeness (QED) is 0.787. The van der Waals surface area contributed by atoms with Crippen LogP contribution in [0, 0.1) is 17.8 Å². The van der Waals surface area contributed by atoms with Gasteiger partial charge in [-0.25, -0.2) is 4.79 Å². The summed E-state index contributed by atoms with van der Waals surface area (Å²) in [4.78, 5) is 39.4. The molecule has 1 aromatic rings. The van der Waals surface area contributed by atoms with E-state index in [1.165, 1.54) is 19.3 Å². The Morgan fingerprint density at radius 3 is 2.21 bits per heavy atom. The fourth-order valence-electron chi connectivity index (χ4n) is 6.55. The monoisotopic (exact) mass is 381 g/mol. The van der Waals surface area contributed by atoms with Crippen molar-refractivity contribution < 1.29 is 14.4 Å². The molecule has 6 nitrogen and oxygen atoms in total. The van der Waals surface area contributed by atoms with Crippen LogP contribution in [-0.4, -0.2) is 34.8 Å². The molecule has 4 amide bonds. The number of carbonyl (C=O) groups excluding carboxylic acids is 3. The fourth-order valence-corrected chi connectivity index (χ4v) is 6.55. The molecule has 148 valence electrons. The van der Waals surface area contributed by atoms with Crippen molar-refractivity contribution in [3.8, 4) is 0 Å². The van der Waals surface area contributed by atoms with Gasteiger partial charge in [0.15, 0.2) is 0 Å². The highest BCUT2D eigenvalue weighted by Crippen LogP contribution is 2.55. The van der Waals surface area contributed by atoms with Gasteiger partial charge in [-0.15, -0.1) is 0 Å². The predicted octanol–water partition coefficient (Wildman–Crippen LogP) is 2.54. The lowest BCUT2D eigenvalue weighted by molar-refractivity contribution is -0.136. The van der Waals surface area contributed by atoms with Crippen LogP contribution >= 0.6 is 0 Å². The van der Waals surface area contributed by atoms with Gasteiger partial charge in [0, 0.05) is 5.54 Å². The summed E-state index contributed by atoms with van der Waals surface area (Å²) >= 11 is 0. The Morgan fingerprint density at radius 2 is 1.64 bits per heavy atom. The third-order valence-electron chi connectivity index (χ3n) is 7.37. The molecule has 0 radical (unpaired) electrons. The number of hydrogen-bond acceptors (Lipinski definition) is 3. The number of nitrogens with zero attached hydrogens (tertiary/aromatic N) is 1. The van der Waals surface area contributed by atoms with Crippen LogP contribution in [-0.2, 0) is 15.1 Å². The lowest BCUT2D eigenvalue weighted by Crippen LogP contribution is -2.61. The van der Waals surface area contributed by atoms with Gasteiger partial charge in [-0.1, -0.05) is 30.3 Å². The molecule has 1 saturated heterocycles. The summed E-state index contributed by atoms with van der Waals surface area (Å²) in [6.45, 7) is 1.48. The first-order chi connectivity index (χ1) is 13.4. The van der Waals surface area contributed by atoms with Crippen LogP contribution < -0.4 is 10.6 Å². The van der Waals surface area contributed by atoms with Crippen LogP contribution in [0.5, 0.6) is 0 Å². The normalized spacial score (nSPS) is 38.6. The van der Waals surface area contributed by atoms with Crippen LogP contribution in [0.25, 0.3) is 0 Å². The molecular weight excluding hydrogens is 354 g/mol. The molecule has 5 fully saturated rings. The maximum Gasteiger partial charge on any atom is 0.325 e. The number of imide groups is 1. The SMILES string of the molecule is C[C@@]1(c2ccccc2)NC(=O)N(CC(=O)NC23CC4CC(CC(C4)C2)C3)C1=O. The molecule has 4 aliphatic carbocycles. The van der Waals surface area contributed by atoms with E-state index in [-0.39, 0.29) is 23.9 Å². The van der Waals surface area contributed by atoms with Crippen molar-refractivity contribution in [3.63, 3.8) is 0 Å². The lowest BCUT2D eigenvalue weighted by atomic mass is 9.53. The Hall–Kier alpha value is -2.37. The molecule has 1 heterocycles. The van der Waals surface area contributed by atoms with E-state index in [1.54, 1.807) is 6.92 Å². The van der Waals surface area contributed by atoms with E-state index in [0.717, 1.165) is 47.5 Å². The summed E-state index contributed by atoms with van der Waals surface area (Å²) in [6, 6.07) is 8.67. The minimum atomic E-state index is -1.13. The maximum atomic E-state index is 13.0. The smallest absolute Gasteiger partial charge is 0.325 e. The van der Waals surface area contributed by atoms with E-state index >= 15 is 0 Å². The van der Waals surface area contributed by atoms with E-state index in [9.17, 15) is 14.4 Å². The highest BCUT2D eigenvalue weighted by Gasteiger charge is 2.53. The van der Waals surface area contributed by atoms with E-state index in [0.29, 0.717) is 0 Å². The van der Waals surface area contributed by atoms with Gasteiger partial charge >= 0.3 is 6.03 Å². The largest absolute Gasteiger partial charge is 0.349 e. The van der Waals surface area contributed by atoms with Crippen molar-refractivity contribution in [2.45, 2.75) is 56.5 Å². The molecule has 4 saturated carbocycles. The average Bonchev–Trinajstić information content (AvgIpc) is 2.85. The second kappa shape index (κ2) is 6.06. The summed E-state index contributed by atoms with van der Waals surface area (Å²) < 4.78 is 0. The van der Waals surface area contributed by atoms with Crippen molar-refractivity contribution in [1.82, 2.24) is 15.5 Å². The third-order valence-corrected chi connectivity index (χ3v) is 7.37. The van der Waals surface area contributed by atoms with Crippen molar-refractivity contribution >= 4 is 17.8 Å². The van der Waals surface area contributed by atoms with Crippen LogP contribution in [0.1, 0.15) is 51.0 Å². The molecule has 0 aromatic heterocycles. The zero-order valence-electron chi connectivity index (χ0n) is 16.2. The van der Waals surface area contributed by atoms with Crippen molar-refractivity contribution in [3.05, 3.63) is 35.9 Å². The Balaban J connectivity index is 1.29. The van der Waals surface area contributed by atoms with Gasteiger partial charge in [0.25, 0.3) is 5.91 Å². The Kier molecular flexibility index (Phi) is 3.83. The van der Waals surface area contributed by atoms with Crippen LogP contribution in [0.15, 0.2) is 30.3 Å². The number of nitrogens with one attached hydrogen (secondary N) is 2. The third kappa shape index (κ3) is 2.73. The fraction of sp³-hybridized carbons (Fsp3) is 0.591. The summed E-state index contributed by atoms with van der Waals surface area (Å²) in [5.74, 6) is 1.59. The molecule has 6 heteroatoms. The number of benzene rings is 1. The second-order valence-electron chi connectivity index (χ2n) is 9.56. The topological polar surface area (TPSA) is 78.5 Å². The van der Waals surface area contributed by atoms with Gasteiger partial charge in [0.1, 0.15) is 12.1 Å². The number of hydrogen-bond donors (Lipinski definition) is 2. The summed E-state index contributed by atoms with van der Waals surface area (Å²) in [5, 5.41) is 6.02. The minimum Gasteiger partial charge on any atom is -0.349 e. The van der Waals surface area contributed by atoms with Gasteiger partial charge in [-0.05, 0) is 68.8 Å². The molecule has 4 bridgehead atoms. The molecule has 2 N–H and O–H groups in total. The van der Waals surface area contributed by atoms with Crippen LogP contribution in [0.3, 0.4) is 0 Å². The Morgan fingerprint density at radius 1 is 1.07 bits per heavy atom. The molecule has 1 atom stereocenters. The van der Waals surface area contributed by atoms with E-state index in [4.69, 9.17) is 0 Å². The maximum absolute atomic E-state index is 13.0. The van der Waals surface area contributed by atoms with Crippen LogP contribution in [0.2, 0.25) is 0 Å². The van der Waals surface area contributed by atoms with Crippen LogP contribution in [0.4, 0.5) is 4.79 Å². The molecule has 28 heavy (non-hydrogen) atoms. The molecule has 1 aromatic carbocycles. The Labute approximate surface area is 165 Å². The number of carbonyl (C=O) groups is 3. The predicted molar refractivity (Wildman–Crippen MR) is 103 cm³/mol. The van der Waals surface area contributed by atoms with E-state index in [2.05, 4.69) is 10.6 Å². The molecule has 0 unspecified atom stereocenters. The highest BCUT2D eigenvalue weighted by atomic mass is 16.2. The molecular formula is C22H27N3O3. The van der Waals surface area contributed by atoms with Gasteiger partial charge in [-0.2, -0.15) is 0 Å². The first-order valence-corrected chi connectivity index (χ1v) is 10.4. The van der Waals surface area contributed by atoms with Gasteiger partial charge in [-0.3, -0.25) is 14.5 Å². The summed E-state index contributed by atoms with van der Waals surface area (Å²) in [5.41, 5.74) is -0.523. The van der Waals surface area contributed by atoms with E-state index in [1.807, 2.05) is 30.3 Å². The minimum absolute atomic E-state index is 0.117. The van der Waals surface area contributed by atoms with Crippen molar-refractivity contribution in [2.24, 2.45) is 17.8 Å².